The molecule has 2 atom stereocenters. The number of rotatable bonds is 2. The van der Waals surface area contributed by atoms with Crippen molar-refractivity contribution in [1.82, 2.24) is 0 Å². The topological polar surface area (TPSA) is 57.5 Å². The lowest BCUT2D eigenvalue weighted by atomic mass is 9.93. The van der Waals surface area contributed by atoms with Gasteiger partial charge in [0.15, 0.2) is 0 Å². The predicted molar refractivity (Wildman–Crippen MR) is 51.2 cm³/mol. The van der Waals surface area contributed by atoms with E-state index in [0.29, 0.717) is 12.0 Å². The first-order valence-electron chi connectivity index (χ1n) is 4.61. The monoisotopic (exact) mass is 192 g/mol. The zero-order valence-corrected chi connectivity index (χ0v) is 7.90. The molecule has 2 N–H and O–H groups in total. The maximum Gasteiger partial charge on any atom is 0.314 e. The Morgan fingerprint density at radius 3 is 2.50 bits per heavy atom. The van der Waals surface area contributed by atoms with Crippen molar-refractivity contribution >= 4 is 5.97 Å². The highest BCUT2D eigenvalue weighted by Crippen LogP contribution is 2.56. The molecule has 0 spiro atoms. The summed E-state index contributed by atoms with van der Waals surface area (Å²) in [5, 5.41) is 18.7. The van der Waals surface area contributed by atoms with Crippen LogP contribution in [0.5, 0.6) is 5.75 Å². The predicted octanol–water partition coefficient (Wildman–Crippen LogP) is 1.75. The molecule has 2 rings (SSSR count). The summed E-state index contributed by atoms with van der Waals surface area (Å²) in [4.78, 5) is 11.1. The van der Waals surface area contributed by atoms with Crippen LogP contribution in [-0.4, -0.2) is 16.2 Å². The molecule has 0 amide bonds. The van der Waals surface area contributed by atoms with E-state index in [1.54, 1.807) is 18.2 Å². The SMILES string of the molecule is CC1CC1(C(=O)O)c1ccccc1O. The standard InChI is InChI=1S/C11H12O3/c1-7-6-11(7,10(13)14)8-4-2-3-5-9(8)12/h2-5,7,12H,6H2,1H3,(H,13,14). The fourth-order valence-corrected chi connectivity index (χ4v) is 2.06. The van der Waals surface area contributed by atoms with Crippen LogP contribution in [0.25, 0.3) is 0 Å². The van der Waals surface area contributed by atoms with Crippen LogP contribution in [-0.2, 0) is 10.2 Å². The van der Waals surface area contributed by atoms with E-state index in [0.717, 1.165) is 0 Å². The summed E-state index contributed by atoms with van der Waals surface area (Å²) < 4.78 is 0. The maximum atomic E-state index is 11.1. The molecule has 1 aromatic rings. The van der Waals surface area contributed by atoms with Crippen LogP contribution in [0.3, 0.4) is 0 Å². The summed E-state index contributed by atoms with van der Waals surface area (Å²) in [6.07, 6.45) is 0.611. The number of carboxylic acid groups (broad SMARTS) is 1. The summed E-state index contributed by atoms with van der Waals surface area (Å²) in [6.45, 7) is 1.89. The van der Waals surface area contributed by atoms with Crippen LogP contribution >= 0.6 is 0 Å². The van der Waals surface area contributed by atoms with Gasteiger partial charge in [-0.3, -0.25) is 4.79 Å². The largest absolute Gasteiger partial charge is 0.508 e. The molecule has 74 valence electrons. The summed E-state index contributed by atoms with van der Waals surface area (Å²) >= 11 is 0. The molecule has 3 heteroatoms. The molecule has 0 aliphatic heterocycles. The molecule has 3 nitrogen and oxygen atoms in total. The van der Waals surface area contributed by atoms with Gasteiger partial charge in [0.25, 0.3) is 0 Å². The van der Waals surface area contributed by atoms with E-state index in [9.17, 15) is 9.90 Å². The molecule has 2 unspecified atom stereocenters. The highest BCUT2D eigenvalue weighted by Gasteiger charge is 2.60. The first-order valence-corrected chi connectivity index (χ1v) is 4.61. The van der Waals surface area contributed by atoms with E-state index in [-0.39, 0.29) is 11.7 Å². The van der Waals surface area contributed by atoms with Gasteiger partial charge in [-0.15, -0.1) is 0 Å². The van der Waals surface area contributed by atoms with Gasteiger partial charge in [0.2, 0.25) is 0 Å². The average Bonchev–Trinajstić information content (AvgIpc) is 2.79. The molecule has 0 bridgehead atoms. The number of phenols is 1. The molecule has 1 saturated carbocycles. The minimum Gasteiger partial charge on any atom is -0.508 e. The van der Waals surface area contributed by atoms with Gasteiger partial charge in [0, 0.05) is 5.56 Å². The van der Waals surface area contributed by atoms with Gasteiger partial charge in [-0.05, 0) is 18.4 Å². The fourth-order valence-electron chi connectivity index (χ4n) is 2.06. The van der Waals surface area contributed by atoms with E-state index < -0.39 is 11.4 Å². The molecule has 1 aliphatic rings. The highest BCUT2D eigenvalue weighted by atomic mass is 16.4. The molecular formula is C11H12O3. The highest BCUT2D eigenvalue weighted by molar-refractivity contribution is 5.86. The van der Waals surface area contributed by atoms with Crippen molar-refractivity contribution in [3.05, 3.63) is 29.8 Å². The number of benzene rings is 1. The Morgan fingerprint density at radius 2 is 2.07 bits per heavy atom. The van der Waals surface area contributed by atoms with Crippen molar-refractivity contribution in [2.24, 2.45) is 5.92 Å². The van der Waals surface area contributed by atoms with Gasteiger partial charge in [0.05, 0.1) is 5.41 Å². The van der Waals surface area contributed by atoms with Gasteiger partial charge in [-0.1, -0.05) is 25.1 Å². The Morgan fingerprint density at radius 1 is 1.50 bits per heavy atom. The van der Waals surface area contributed by atoms with Gasteiger partial charge >= 0.3 is 5.97 Å². The first-order chi connectivity index (χ1) is 6.59. The number of carbonyl (C=O) groups is 1. The lowest BCUT2D eigenvalue weighted by Crippen LogP contribution is -2.21. The summed E-state index contributed by atoms with van der Waals surface area (Å²) in [5.41, 5.74) is -0.300. The number of phenolic OH excluding ortho intramolecular Hbond substituents is 1. The van der Waals surface area contributed by atoms with Gasteiger partial charge < -0.3 is 10.2 Å². The average molecular weight is 192 g/mol. The minimum atomic E-state index is -0.842. The Balaban J connectivity index is 2.49. The molecule has 1 fully saturated rings. The number of carboxylic acids is 1. The number of para-hydroxylation sites is 1. The molecule has 0 heterocycles. The zero-order valence-electron chi connectivity index (χ0n) is 7.90. The number of hydrogen-bond donors (Lipinski definition) is 2. The van der Waals surface area contributed by atoms with E-state index in [1.165, 1.54) is 6.07 Å². The third kappa shape index (κ3) is 1.02. The van der Waals surface area contributed by atoms with E-state index in [2.05, 4.69) is 0 Å². The van der Waals surface area contributed by atoms with Crippen LogP contribution in [0.2, 0.25) is 0 Å². The summed E-state index contributed by atoms with van der Waals surface area (Å²) in [7, 11) is 0. The van der Waals surface area contributed by atoms with Crippen molar-refractivity contribution in [3.63, 3.8) is 0 Å². The van der Waals surface area contributed by atoms with Crippen LogP contribution in [0.1, 0.15) is 18.9 Å². The lowest BCUT2D eigenvalue weighted by molar-refractivity contribution is -0.140. The number of aliphatic carboxylic acids is 1. The lowest BCUT2D eigenvalue weighted by Gasteiger charge is -2.12. The molecule has 1 aliphatic carbocycles. The van der Waals surface area contributed by atoms with Gasteiger partial charge in [-0.25, -0.2) is 0 Å². The molecule has 0 saturated heterocycles. The van der Waals surface area contributed by atoms with Gasteiger partial charge in [0.1, 0.15) is 5.75 Å². The van der Waals surface area contributed by atoms with Crippen molar-refractivity contribution in [2.45, 2.75) is 18.8 Å². The molecule has 0 aromatic heterocycles. The summed E-state index contributed by atoms with van der Waals surface area (Å²) in [6, 6.07) is 6.67. The third-order valence-corrected chi connectivity index (χ3v) is 3.08. The molecule has 0 radical (unpaired) electrons. The van der Waals surface area contributed by atoms with Gasteiger partial charge in [-0.2, -0.15) is 0 Å². The van der Waals surface area contributed by atoms with Crippen molar-refractivity contribution in [1.29, 1.82) is 0 Å². The fraction of sp³-hybridized carbons (Fsp3) is 0.364. The van der Waals surface area contributed by atoms with Crippen LogP contribution in [0.4, 0.5) is 0 Å². The van der Waals surface area contributed by atoms with Crippen LogP contribution in [0.15, 0.2) is 24.3 Å². The van der Waals surface area contributed by atoms with Crippen molar-refractivity contribution in [3.8, 4) is 5.75 Å². The Bertz CT molecular complexity index is 386. The smallest absolute Gasteiger partial charge is 0.314 e. The molecule has 14 heavy (non-hydrogen) atoms. The first kappa shape index (κ1) is 9.06. The Kier molecular flexibility index (Phi) is 1.77. The van der Waals surface area contributed by atoms with Crippen LogP contribution < -0.4 is 0 Å². The summed E-state index contributed by atoms with van der Waals surface area (Å²) in [5.74, 6) is -0.654. The minimum absolute atomic E-state index is 0.0826. The Labute approximate surface area is 82.0 Å². The second-order valence-electron chi connectivity index (χ2n) is 3.90. The molecular weight excluding hydrogens is 180 g/mol. The second kappa shape index (κ2) is 2.74. The Hall–Kier alpha value is -1.51. The van der Waals surface area contributed by atoms with E-state index in [1.807, 2.05) is 6.92 Å². The quantitative estimate of drug-likeness (QED) is 0.750. The van der Waals surface area contributed by atoms with E-state index in [4.69, 9.17) is 5.11 Å². The van der Waals surface area contributed by atoms with Crippen molar-refractivity contribution < 1.29 is 15.0 Å². The third-order valence-electron chi connectivity index (χ3n) is 3.08. The van der Waals surface area contributed by atoms with Crippen molar-refractivity contribution in [2.75, 3.05) is 0 Å². The van der Waals surface area contributed by atoms with E-state index >= 15 is 0 Å². The number of hydrogen-bond acceptors (Lipinski definition) is 2. The normalized spacial score (nSPS) is 29.9. The number of aromatic hydroxyl groups is 1. The maximum absolute atomic E-state index is 11.1. The second-order valence-corrected chi connectivity index (χ2v) is 3.90. The van der Waals surface area contributed by atoms with Crippen LogP contribution in [0, 0.1) is 5.92 Å². The molecule has 1 aromatic carbocycles. The zero-order chi connectivity index (χ0) is 10.3.